The molecule has 1 heterocycles. The molecule has 19 heavy (non-hydrogen) atoms. The van der Waals surface area contributed by atoms with Gasteiger partial charge in [0, 0.05) is 0 Å². The predicted octanol–water partition coefficient (Wildman–Crippen LogP) is 0.143. The first kappa shape index (κ1) is 12.7. The maximum absolute atomic E-state index is 11.6. The van der Waals surface area contributed by atoms with Gasteiger partial charge >= 0.3 is 11.9 Å². The molecule has 0 spiro atoms. The zero-order chi connectivity index (χ0) is 14.2. The smallest absolute Gasteiger partial charge is 0.338 e. The van der Waals surface area contributed by atoms with Crippen molar-refractivity contribution in [2.24, 2.45) is 0 Å². The molecule has 0 aromatic heterocycles. The largest absolute Gasteiger partial charge is 0.465 e. The Labute approximate surface area is 107 Å². The number of fused-ring (bicyclic) bond motifs is 1. The highest BCUT2D eigenvalue weighted by Crippen LogP contribution is 2.22. The minimum atomic E-state index is -0.796. The summed E-state index contributed by atoms with van der Waals surface area (Å²) in [5.41, 5.74) is -0.202. The monoisotopic (exact) mass is 263 g/mol. The number of imide groups is 1. The topological polar surface area (TPSA) is 98.8 Å². The van der Waals surface area contributed by atoms with Gasteiger partial charge in [-0.1, -0.05) is 0 Å². The molecule has 98 valence electrons. The minimum absolute atomic E-state index is 0.0260. The molecule has 0 saturated carbocycles. The van der Waals surface area contributed by atoms with Gasteiger partial charge in [0.15, 0.2) is 0 Å². The van der Waals surface area contributed by atoms with E-state index in [9.17, 15) is 19.2 Å². The van der Waals surface area contributed by atoms with Gasteiger partial charge in [-0.25, -0.2) is 9.59 Å². The van der Waals surface area contributed by atoms with E-state index in [0.29, 0.717) is 0 Å². The van der Waals surface area contributed by atoms with E-state index >= 15 is 0 Å². The lowest BCUT2D eigenvalue weighted by molar-refractivity contribution is 0.0555. The van der Waals surface area contributed by atoms with Crippen molar-refractivity contribution < 1.29 is 28.7 Å². The Morgan fingerprint density at radius 3 is 1.58 bits per heavy atom. The maximum Gasteiger partial charge on any atom is 0.338 e. The molecule has 1 aliphatic rings. The number of amides is 2. The SMILES string of the molecule is COC(=O)c1cc2c(cc1C(=O)OC)C(=O)NC2=O. The van der Waals surface area contributed by atoms with Crippen molar-refractivity contribution in [2.45, 2.75) is 0 Å². The number of carbonyl (C=O) groups is 4. The summed E-state index contributed by atoms with van der Waals surface area (Å²) >= 11 is 0. The molecule has 0 atom stereocenters. The van der Waals surface area contributed by atoms with Crippen LogP contribution in [-0.4, -0.2) is 38.0 Å². The Kier molecular flexibility index (Phi) is 3.04. The highest BCUT2D eigenvalue weighted by Gasteiger charge is 2.31. The molecule has 1 aromatic rings. The second-order valence-electron chi connectivity index (χ2n) is 3.71. The molecular formula is C12H9NO6. The lowest BCUT2D eigenvalue weighted by atomic mass is 9.99. The Morgan fingerprint density at radius 2 is 1.26 bits per heavy atom. The zero-order valence-electron chi connectivity index (χ0n) is 10.1. The first-order valence-corrected chi connectivity index (χ1v) is 5.20. The van der Waals surface area contributed by atoms with Crippen LogP contribution in [0.15, 0.2) is 12.1 Å². The Bertz CT molecular complexity index is 566. The van der Waals surface area contributed by atoms with Crippen molar-refractivity contribution in [3.8, 4) is 0 Å². The third kappa shape index (κ3) is 1.95. The van der Waals surface area contributed by atoms with Crippen molar-refractivity contribution in [1.82, 2.24) is 5.32 Å². The molecule has 2 amide bonds. The number of rotatable bonds is 2. The number of methoxy groups -OCH3 is 2. The van der Waals surface area contributed by atoms with E-state index in [1.807, 2.05) is 0 Å². The lowest BCUT2D eigenvalue weighted by Crippen LogP contribution is -2.19. The highest BCUT2D eigenvalue weighted by molar-refractivity contribution is 6.23. The molecule has 7 nitrogen and oxygen atoms in total. The van der Waals surface area contributed by atoms with E-state index in [1.54, 1.807) is 0 Å². The van der Waals surface area contributed by atoms with Crippen LogP contribution in [0.4, 0.5) is 0 Å². The molecule has 0 aliphatic carbocycles. The minimum Gasteiger partial charge on any atom is -0.465 e. The molecule has 0 saturated heterocycles. The van der Waals surface area contributed by atoms with Crippen LogP contribution in [0, 0.1) is 0 Å². The van der Waals surface area contributed by atoms with Gasteiger partial charge in [-0.05, 0) is 12.1 Å². The summed E-state index contributed by atoms with van der Waals surface area (Å²) in [6.45, 7) is 0. The summed E-state index contributed by atoms with van der Waals surface area (Å²) in [5.74, 6) is -2.84. The number of benzene rings is 1. The van der Waals surface area contributed by atoms with Crippen LogP contribution >= 0.6 is 0 Å². The normalized spacial score (nSPS) is 12.7. The first-order valence-electron chi connectivity index (χ1n) is 5.20. The summed E-state index contributed by atoms with van der Waals surface area (Å²) in [7, 11) is 2.28. The second kappa shape index (κ2) is 4.52. The van der Waals surface area contributed by atoms with Crippen LogP contribution in [0.2, 0.25) is 0 Å². The summed E-state index contributed by atoms with van der Waals surface area (Å²) < 4.78 is 9.06. The number of hydrogen-bond acceptors (Lipinski definition) is 6. The van der Waals surface area contributed by atoms with Gasteiger partial charge < -0.3 is 9.47 Å². The Morgan fingerprint density at radius 1 is 0.895 bits per heavy atom. The molecule has 7 heteroatoms. The molecule has 2 rings (SSSR count). The van der Waals surface area contributed by atoms with E-state index in [0.717, 1.165) is 26.4 Å². The van der Waals surface area contributed by atoms with Crippen molar-refractivity contribution in [3.05, 3.63) is 34.4 Å². The van der Waals surface area contributed by atoms with Gasteiger partial charge in [-0.2, -0.15) is 0 Å². The predicted molar refractivity (Wildman–Crippen MR) is 60.9 cm³/mol. The van der Waals surface area contributed by atoms with E-state index in [1.165, 1.54) is 0 Å². The Balaban J connectivity index is 2.69. The second-order valence-corrected chi connectivity index (χ2v) is 3.71. The molecule has 1 aliphatic heterocycles. The quantitative estimate of drug-likeness (QED) is 0.602. The molecular weight excluding hydrogens is 254 g/mol. The van der Waals surface area contributed by atoms with Crippen molar-refractivity contribution >= 4 is 23.8 Å². The summed E-state index contributed by atoms with van der Waals surface area (Å²) in [5, 5.41) is 2.07. The summed E-state index contributed by atoms with van der Waals surface area (Å²) in [6, 6.07) is 2.29. The summed E-state index contributed by atoms with van der Waals surface area (Å²) in [6.07, 6.45) is 0. The average Bonchev–Trinajstić information content (AvgIpc) is 2.70. The standard InChI is InChI=1S/C12H9NO6/c1-18-11(16)7-3-5-6(10(15)13-9(5)14)4-8(7)12(17)19-2/h3-4H,1-2H3,(H,13,14,15). The summed E-state index contributed by atoms with van der Waals surface area (Å²) in [4.78, 5) is 46.2. The fourth-order valence-electron chi connectivity index (χ4n) is 1.77. The zero-order valence-corrected chi connectivity index (χ0v) is 10.1. The van der Waals surface area contributed by atoms with Gasteiger partial charge in [0.1, 0.15) is 0 Å². The van der Waals surface area contributed by atoms with Crippen molar-refractivity contribution in [3.63, 3.8) is 0 Å². The van der Waals surface area contributed by atoms with E-state index in [2.05, 4.69) is 14.8 Å². The molecule has 1 aromatic carbocycles. The number of nitrogens with one attached hydrogen (secondary N) is 1. The van der Waals surface area contributed by atoms with E-state index in [-0.39, 0.29) is 22.3 Å². The molecule has 0 fully saturated rings. The number of ether oxygens (including phenoxy) is 2. The molecule has 0 radical (unpaired) electrons. The van der Waals surface area contributed by atoms with Gasteiger partial charge in [-0.15, -0.1) is 0 Å². The fourth-order valence-corrected chi connectivity index (χ4v) is 1.77. The lowest BCUT2D eigenvalue weighted by Gasteiger charge is -2.07. The van der Waals surface area contributed by atoms with Crippen molar-refractivity contribution in [2.75, 3.05) is 14.2 Å². The van der Waals surface area contributed by atoms with Crippen LogP contribution in [0.3, 0.4) is 0 Å². The number of carbonyl (C=O) groups excluding carboxylic acids is 4. The van der Waals surface area contributed by atoms with E-state index in [4.69, 9.17) is 0 Å². The maximum atomic E-state index is 11.6. The molecule has 0 unspecified atom stereocenters. The highest BCUT2D eigenvalue weighted by atomic mass is 16.5. The first-order chi connectivity index (χ1) is 8.99. The molecule has 0 bridgehead atoms. The third-order valence-electron chi connectivity index (χ3n) is 2.68. The fraction of sp³-hybridized carbons (Fsp3) is 0.167. The van der Waals surface area contributed by atoms with Crippen LogP contribution in [0.1, 0.15) is 41.4 Å². The number of esters is 2. The Hall–Kier alpha value is -2.70. The van der Waals surface area contributed by atoms with Crippen LogP contribution in [0.25, 0.3) is 0 Å². The van der Waals surface area contributed by atoms with Gasteiger partial charge in [0.05, 0.1) is 36.5 Å². The van der Waals surface area contributed by atoms with Crippen LogP contribution < -0.4 is 5.32 Å². The number of hydrogen-bond donors (Lipinski definition) is 1. The van der Waals surface area contributed by atoms with Gasteiger partial charge in [-0.3, -0.25) is 14.9 Å². The molecule has 1 N–H and O–H groups in total. The van der Waals surface area contributed by atoms with E-state index < -0.39 is 23.8 Å². The van der Waals surface area contributed by atoms with Gasteiger partial charge in [0.2, 0.25) is 0 Å². The van der Waals surface area contributed by atoms with Crippen molar-refractivity contribution in [1.29, 1.82) is 0 Å². The van der Waals surface area contributed by atoms with Crippen LogP contribution in [0.5, 0.6) is 0 Å². The van der Waals surface area contributed by atoms with Gasteiger partial charge in [0.25, 0.3) is 11.8 Å². The average molecular weight is 263 g/mol. The van der Waals surface area contributed by atoms with Crippen LogP contribution in [-0.2, 0) is 9.47 Å². The third-order valence-corrected chi connectivity index (χ3v) is 2.68.